The van der Waals surface area contributed by atoms with Gasteiger partial charge in [0.1, 0.15) is 5.75 Å². The standard InChI is InChI=1S/C29H30N4OS/c1-19-9-5-6-11-26(19)33-20(2)17-24(21(33)3)28-27(25-10-7-8-16-30-25)31-29(35)32(28)18-22-12-14-23(34-4)15-13-22/h5-17,27-28H,18H2,1-4H3,(H,31,35)/t27-,28-/m0/s1. The van der Waals surface area contributed by atoms with Crippen LogP contribution in [0.15, 0.2) is 79.0 Å². The Balaban J connectivity index is 1.60. The van der Waals surface area contributed by atoms with Crippen molar-refractivity contribution in [3.05, 3.63) is 113 Å². The summed E-state index contributed by atoms with van der Waals surface area (Å²) in [6, 6.07) is 25.0. The van der Waals surface area contributed by atoms with Gasteiger partial charge in [-0.1, -0.05) is 36.4 Å². The number of nitrogens with zero attached hydrogens (tertiary/aromatic N) is 3. The summed E-state index contributed by atoms with van der Waals surface area (Å²) in [5.41, 5.74) is 8.28. The van der Waals surface area contributed by atoms with E-state index in [1.165, 1.54) is 33.8 Å². The van der Waals surface area contributed by atoms with Gasteiger partial charge in [0.25, 0.3) is 0 Å². The molecule has 6 heteroatoms. The molecule has 3 heterocycles. The molecule has 2 aromatic heterocycles. The van der Waals surface area contributed by atoms with Gasteiger partial charge in [0.05, 0.1) is 24.9 Å². The average Bonchev–Trinajstić information content (AvgIpc) is 3.35. The molecule has 1 fully saturated rings. The lowest BCUT2D eigenvalue weighted by Crippen LogP contribution is -2.29. The molecule has 0 amide bonds. The molecule has 35 heavy (non-hydrogen) atoms. The highest BCUT2D eigenvalue weighted by Gasteiger charge is 2.41. The molecule has 0 radical (unpaired) electrons. The highest BCUT2D eigenvalue weighted by molar-refractivity contribution is 7.80. The summed E-state index contributed by atoms with van der Waals surface area (Å²) in [5, 5.41) is 4.32. The van der Waals surface area contributed by atoms with Crippen LogP contribution in [0.2, 0.25) is 0 Å². The third kappa shape index (κ3) is 4.30. The maximum absolute atomic E-state index is 5.90. The van der Waals surface area contributed by atoms with Gasteiger partial charge in [0, 0.05) is 29.8 Å². The van der Waals surface area contributed by atoms with E-state index in [-0.39, 0.29) is 12.1 Å². The molecule has 0 bridgehead atoms. The van der Waals surface area contributed by atoms with Crippen molar-refractivity contribution in [1.29, 1.82) is 0 Å². The van der Waals surface area contributed by atoms with Gasteiger partial charge in [0.15, 0.2) is 5.11 Å². The van der Waals surface area contributed by atoms with Crippen molar-refractivity contribution in [3.8, 4) is 11.4 Å². The van der Waals surface area contributed by atoms with E-state index in [1.807, 2.05) is 30.5 Å². The molecule has 1 aliphatic rings. The van der Waals surface area contributed by atoms with Gasteiger partial charge < -0.3 is 19.5 Å². The van der Waals surface area contributed by atoms with Crippen LogP contribution >= 0.6 is 12.2 Å². The number of ether oxygens (including phenoxy) is 1. The Labute approximate surface area is 212 Å². The fourth-order valence-corrected chi connectivity index (χ4v) is 5.42. The van der Waals surface area contributed by atoms with E-state index >= 15 is 0 Å². The predicted molar refractivity (Wildman–Crippen MR) is 144 cm³/mol. The fraction of sp³-hybridized carbons (Fsp3) is 0.241. The maximum atomic E-state index is 5.90. The van der Waals surface area contributed by atoms with Gasteiger partial charge in [-0.2, -0.15) is 0 Å². The van der Waals surface area contributed by atoms with Crippen molar-refractivity contribution in [2.24, 2.45) is 0 Å². The zero-order valence-electron chi connectivity index (χ0n) is 20.5. The molecule has 1 aliphatic heterocycles. The van der Waals surface area contributed by atoms with Crippen molar-refractivity contribution in [2.45, 2.75) is 39.4 Å². The summed E-state index contributed by atoms with van der Waals surface area (Å²) < 4.78 is 7.70. The summed E-state index contributed by atoms with van der Waals surface area (Å²) in [6.45, 7) is 7.23. The fourth-order valence-electron chi connectivity index (χ4n) is 5.11. The number of pyridine rings is 1. The smallest absolute Gasteiger partial charge is 0.170 e. The zero-order chi connectivity index (χ0) is 24.5. The van der Waals surface area contributed by atoms with Crippen LogP contribution in [0, 0.1) is 20.8 Å². The molecule has 2 atom stereocenters. The highest BCUT2D eigenvalue weighted by atomic mass is 32.1. The first-order valence-corrected chi connectivity index (χ1v) is 12.2. The van der Waals surface area contributed by atoms with Gasteiger partial charge in [-0.15, -0.1) is 0 Å². The van der Waals surface area contributed by atoms with Crippen LogP contribution in [0.5, 0.6) is 5.75 Å². The summed E-state index contributed by atoms with van der Waals surface area (Å²) in [5.74, 6) is 0.848. The minimum absolute atomic E-state index is 0.00321. The monoisotopic (exact) mass is 482 g/mol. The highest BCUT2D eigenvalue weighted by Crippen LogP contribution is 2.42. The van der Waals surface area contributed by atoms with E-state index in [1.54, 1.807) is 7.11 Å². The lowest BCUT2D eigenvalue weighted by atomic mass is 9.96. The molecule has 0 aliphatic carbocycles. The summed E-state index contributed by atoms with van der Waals surface area (Å²) >= 11 is 5.90. The van der Waals surface area contributed by atoms with E-state index in [2.05, 4.69) is 84.1 Å². The van der Waals surface area contributed by atoms with Crippen LogP contribution in [-0.2, 0) is 6.54 Å². The number of thiocarbonyl (C=S) groups is 1. The number of methoxy groups -OCH3 is 1. The first-order valence-electron chi connectivity index (χ1n) is 11.8. The van der Waals surface area contributed by atoms with Crippen molar-refractivity contribution in [2.75, 3.05) is 7.11 Å². The van der Waals surface area contributed by atoms with E-state index in [4.69, 9.17) is 21.9 Å². The third-order valence-corrected chi connectivity index (χ3v) is 7.21. The average molecular weight is 483 g/mol. The number of aromatic nitrogens is 2. The molecule has 5 nitrogen and oxygen atoms in total. The Morgan fingerprint density at radius 2 is 1.71 bits per heavy atom. The lowest BCUT2D eigenvalue weighted by Gasteiger charge is -2.28. The first kappa shape index (κ1) is 23.1. The molecule has 0 unspecified atom stereocenters. The van der Waals surface area contributed by atoms with Crippen LogP contribution < -0.4 is 10.1 Å². The third-order valence-electron chi connectivity index (χ3n) is 6.86. The van der Waals surface area contributed by atoms with E-state index in [0.29, 0.717) is 6.54 Å². The van der Waals surface area contributed by atoms with E-state index < -0.39 is 0 Å². The maximum Gasteiger partial charge on any atom is 0.170 e. The number of rotatable bonds is 6. The number of para-hydroxylation sites is 1. The molecular weight excluding hydrogens is 452 g/mol. The largest absolute Gasteiger partial charge is 0.497 e. The quantitative estimate of drug-likeness (QED) is 0.343. The Bertz CT molecular complexity index is 1350. The van der Waals surface area contributed by atoms with Crippen LogP contribution in [0.4, 0.5) is 0 Å². The van der Waals surface area contributed by atoms with Gasteiger partial charge in [-0.05, 0) is 86.1 Å². The first-order chi connectivity index (χ1) is 17.0. The topological polar surface area (TPSA) is 42.3 Å². The Hall–Kier alpha value is -3.64. The summed E-state index contributed by atoms with van der Waals surface area (Å²) in [6.07, 6.45) is 1.85. The zero-order valence-corrected chi connectivity index (χ0v) is 21.3. The predicted octanol–water partition coefficient (Wildman–Crippen LogP) is 5.98. The van der Waals surface area contributed by atoms with Crippen molar-refractivity contribution in [3.63, 3.8) is 0 Å². The number of hydrogen-bond donors (Lipinski definition) is 1. The summed E-state index contributed by atoms with van der Waals surface area (Å²) in [7, 11) is 1.69. The Morgan fingerprint density at radius 3 is 2.40 bits per heavy atom. The van der Waals surface area contributed by atoms with Gasteiger partial charge in [-0.25, -0.2) is 0 Å². The lowest BCUT2D eigenvalue weighted by molar-refractivity contribution is 0.310. The minimum atomic E-state index is -0.0484. The molecule has 0 saturated carbocycles. The van der Waals surface area contributed by atoms with Crippen LogP contribution in [0.1, 0.15) is 45.9 Å². The molecule has 4 aromatic rings. The molecule has 5 rings (SSSR count). The van der Waals surface area contributed by atoms with Crippen LogP contribution in [-0.4, -0.2) is 26.7 Å². The molecule has 178 valence electrons. The summed E-state index contributed by atoms with van der Waals surface area (Å²) in [4.78, 5) is 6.99. The van der Waals surface area contributed by atoms with E-state index in [0.717, 1.165) is 16.6 Å². The Kier molecular flexibility index (Phi) is 6.31. The minimum Gasteiger partial charge on any atom is -0.497 e. The number of aryl methyl sites for hydroxylation is 2. The van der Waals surface area contributed by atoms with Crippen molar-refractivity contribution < 1.29 is 4.74 Å². The van der Waals surface area contributed by atoms with Crippen molar-refractivity contribution in [1.82, 2.24) is 19.8 Å². The number of hydrogen-bond acceptors (Lipinski definition) is 3. The van der Waals surface area contributed by atoms with Gasteiger partial charge >= 0.3 is 0 Å². The second-order valence-corrected chi connectivity index (χ2v) is 9.44. The second-order valence-electron chi connectivity index (χ2n) is 9.05. The number of nitrogens with one attached hydrogen (secondary N) is 1. The van der Waals surface area contributed by atoms with E-state index in [9.17, 15) is 0 Å². The number of benzene rings is 2. The van der Waals surface area contributed by atoms with Crippen LogP contribution in [0.25, 0.3) is 5.69 Å². The normalized spacial score (nSPS) is 17.5. The van der Waals surface area contributed by atoms with Gasteiger partial charge in [-0.3, -0.25) is 4.98 Å². The molecule has 1 N–H and O–H groups in total. The Morgan fingerprint density at radius 1 is 0.971 bits per heavy atom. The SMILES string of the molecule is COc1ccc(CN2C(=S)N[C@@H](c3ccccn3)[C@@H]2c2cc(C)n(-c3ccccc3C)c2C)cc1. The molecular formula is C29H30N4OS. The second kappa shape index (κ2) is 9.55. The molecule has 2 aromatic carbocycles. The van der Waals surface area contributed by atoms with Crippen LogP contribution in [0.3, 0.4) is 0 Å². The van der Waals surface area contributed by atoms with Gasteiger partial charge in [0.2, 0.25) is 0 Å². The van der Waals surface area contributed by atoms with Crippen molar-refractivity contribution >= 4 is 17.3 Å². The molecule has 0 spiro atoms. The molecule has 1 saturated heterocycles.